The molecule has 0 fully saturated rings. The molecule has 2 aromatic carbocycles. The summed E-state index contributed by atoms with van der Waals surface area (Å²) < 4.78 is 15.8. The van der Waals surface area contributed by atoms with Crippen LogP contribution in [0.15, 0.2) is 48.7 Å². The molecule has 0 bridgehead atoms. The molecule has 0 amide bonds. The van der Waals surface area contributed by atoms with E-state index in [-0.39, 0.29) is 0 Å². The molecule has 2 N–H and O–H groups in total. The molecule has 0 unspecified atom stereocenters. The monoisotopic (exact) mass is 381 g/mol. The Labute approximate surface area is 163 Å². The summed E-state index contributed by atoms with van der Waals surface area (Å²) in [6, 6.07) is 13.4. The van der Waals surface area contributed by atoms with Gasteiger partial charge < -0.3 is 24.8 Å². The second-order valence-corrected chi connectivity index (χ2v) is 5.89. The number of methoxy groups -OCH3 is 3. The van der Waals surface area contributed by atoms with Crippen molar-refractivity contribution in [2.45, 2.75) is 6.42 Å². The normalized spacial score (nSPS) is 10.2. The van der Waals surface area contributed by atoms with Crippen LogP contribution < -0.4 is 24.8 Å². The molecule has 0 aliphatic carbocycles. The summed E-state index contributed by atoms with van der Waals surface area (Å²) >= 11 is 0. The van der Waals surface area contributed by atoms with E-state index in [4.69, 9.17) is 14.2 Å². The van der Waals surface area contributed by atoms with Gasteiger partial charge in [-0.1, -0.05) is 12.1 Å². The fourth-order valence-electron chi connectivity index (χ4n) is 2.64. The third-order valence-electron chi connectivity index (χ3n) is 4.05. The first-order valence-electron chi connectivity index (χ1n) is 8.77. The highest BCUT2D eigenvalue weighted by molar-refractivity contribution is 5.58. The van der Waals surface area contributed by atoms with E-state index >= 15 is 0 Å². The van der Waals surface area contributed by atoms with Gasteiger partial charge in [0, 0.05) is 18.3 Å². The number of rotatable bonds is 9. The lowest BCUT2D eigenvalue weighted by Gasteiger charge is -2.10. The lowest BCUT2D eigenvalue weighted by Crippen LogP contribution is -2.10. The van der Waals surface area contributed by atoms with Gasteiger partial charge in [0.2, 0.25) is 5.95 Å². The van der Waals surface area contributed by atoms with Crippen LogP contribution in [0.1, 0.15) is 5.56 Å². The Balaban J connectivity index is 1.59. The van der Waals surface area contributed by atoms with E-state index < -0.39 is 0 Å². The molecule has 8 heteroatoms. The summed E-state index contributed by atoms with van der Waals surface area (Å²) in [5.74, 6) is 3.23. The molecule has 0 saturated carbocycles. The van der Waals surface area contributed by atoms with Crippen molar-refractivity contribution in [1.82, 2.24) is 15.2 Å². The van der Waals surface area contributed by atoms with E-state index in [0.717, 1.165) is 23.4 Å². The summed E-state index contributed by atoms with van der Waals surface area (Å²) in [7, 11) is 4.88. The van der Waals surface area contributed by atoms with Crippen molar-refractivity contribution in [1.29, 1.82) is 0 Å². The lowest BCUT2D eigenvalue weighted by molar-refractivity contribution is 0.354. The van der Waals surface area contributed by atoms with Crippen LogP contribution in [0.3, 0.4) is 0 Å². The topological polar surface area (TPSA) is 90.4 Å². The van der Waals surface area contributed by atoms with Gasteiger partial charge in [0.15, 0.2) is 17.3 Å². The number of hydrogen-bond donors (Lipinski definition) is 2. The Hall–Kier alpha value is -3.55. The Morgan fingerprint density at radius 3 is 2.57 bits per heavy atom. The van der Waals surface area contributed by atoms with Gasteiger partial charge in [-0.3, -0.25) is 0 Å². The van der Waals surface area contributed by atoms with Crippen LogP contribution in [0.5, 0.6) is 17.2 Å². The van der Waals surface area contributed by atoms with Crippen LogP contribution >= 0.6 is 0 Å². The van der Waals surface area contributed by atoms with Crippen LogP contribution in [-0.2, 0) is 6.42 Å². The number of benzene rings is 2. The van der Waals surface area contributed by atoms with Gasteiger partial charge in [0.05, 0.1) is 27.5 Å². The number of nitrogens with zero attached hydrogens (tertiary/aromatic N) is 3. The zero-order valence-electron chi connectivity index (χ0n) is 16.1. The quantitative estimate of drug-likeness (QED) is 0.583. The van der Waals surface area contributed by atoms with E-state index in [1.54, 1.807) is 27.5 Å². The summed E-state index contributed by atoms with van der Waals surface area (Å²) in [5, 5.41) is 14.4. The van der Waals surface area contributed by atoms with Crippen LogP contribution in [0, 0.1) is 0 Å². The van der Waals surface area contributed by atoms with Gasteiger partial charge in [-0.2, -0.15) is 10.1 Å². The van der Waals surface area contributed by atoms with Gasteiger partial charge in [0.1, 0.15) is 5.75 Å². The highest BCUT2D eigenvalue weighted by Crippen LogP contribution is 2.27. The zero-order valence-corrected chi connectivity index (χ0v) is 16.1. The number of nitrogens with one attached hydrogen (secondary N) is 2. The second-order valence-electron chi connectivity index (χ2n) is 5.89. The van der Waals surface area contributed by atoms with E-state index in [1.165, 1.54) is 0 Å². The summed E-state index contributed by atoms with van der Waals surface area (Å²) in [4.78, 5) is 4.43. The highest BCUT2D eigenvalue weighted by Gasteiger charge is 2.06. The number of anilines is 3. The van der Waals surface area contributed by atoms with Crippen LogP contribution in [0.4, 0.5) is 17.5 Å². The van der Waals surface area contributed by atoms with Gasteiger partial charge in [-0.25, -0.2) is 0 Å². The molecular formula is C20H23N5O3. The molecule has 1 aromatic heterocycles. The van der Waals surface area contributed by atoms with Crippen molar-refractivity contribution in [3.05, 3.63) is 54.2 Å². The van der Waals surface area contributed by atoms with Crippen molar-refractivity contribution in [2.75, 3.05) is 38.5 Å². The number of aromatic nitrogens is 3. The first kappa shape index (κ1) is 19.2. The molecule has 3 aromatic rings. The van der Waals surface area contributed by atoms with Crippen molar-refractivity contribution >= 4 is 17.5 Å². The minimum atomic E-state index is 0.452. The molecule has 28 heavy (non-hydrogen) atoms. The highest BCUT2D eigenvalue weighted by atomic mass is 16.5. The Bertz CT molecular complexity index is 920. The lowest BCUT2D eigenvalue weighted by atomic mass is 10.1. The average molecular weight is 381 g/mol. The second kappa shape index (κ2) is 9.40. The van der Waals surface area contributed by atoms with E-state index in [9.17, 15) is 0 Å². The van der Waals surface area contributed by atoms with Crippen molar-refractivity contribution < 1.29 is 14.2 Å². The van der Waals surface area contributed by atoms with Gasteiger partial charge in [0.25, 0.3) is 0 Å². The third kappa shape index (κ3) is 5.00. The Morgan fingerprint density at radius 2 is 1.79 bits per heavy atom. The molecule has 3 rings (SSSR count). The first-order valence-corrected chi connectivity index (χ1v) is 8.77. The molecule has 0 radical (unpaired) electrons. The summed E-state index contributed by atoms with van der Waals surface area (Å²) in [5.41, 5.74) is 1.97. The summed E-state index contributed by atoms with van der Waals surface area (Å²) in [6.07, 6.45) is 2.34. The maximum Gasteiger partial charge on any atom is 0.244 e. The van der Waals surface area contributed by atoms with Crippen molar-refractivity contribution in [3.8, 4) is 17.2 Å². The largest absolute Gasteiger partial charge is 0.497 e. The SMILES string of the molecule is COc1cccc(Nc2cnnc(NCCc3ccc(OC)c(OC)c3)n2)c1. The third-order valence-corrected chi connectivity index (χ3v) is 4.05. The first-order chi connectivity index (χ1) is 13.7. The molecule has 8 nitrogen and oxygen atoms in total. The smallest absolute Gasteiger partial charge is 0.244 e. The fourth-order valence-corrected chi connectivity index (χ4v) is 2.64. The Morgan fingerprint density at radius 1 is 0.929 bits per heavy atom. The van der Waals surface area contributed by atoms with Gasteiger partial charge in [-0.05, 0) is 36.2 Å². The minimum absolute atomic E-state index is 0.452. The molecular weight excluding hydrogens is 358 g/mol. The number of hydrogen-bond acceptors (Lipinski definition) is 8. The summed E-state index contributed by atoms with van der Waals surface area (Å²) in [6.45, 7) is 0.653. The van der Waals surface area contributed by atoms with Crippen LogP contribution in [0.2, 0.25) is 0 Å². The maximum atomic E-state index is 5.33. The van der Waals surface area contributed by atoms with E-state index in [1.807, 2.05) is 42.5 Å². The Kier molecular flexibility index (Phi) is 6.46. The van der Waals surface area contributed by atoms with E-state index in [2.05, 4.69) is 25.8 Å². The zero-order chi connectivity index (χ0) is 19.8. The predicted octanol–water partition coefficient (Wildman–Crippen LogP) is 3.30. The maximum absolute atomic E-state index is 5.33. The van der Waals surface area contributed by atoms with Gasteiger partial charge >= 0.3 is 0 Å². The minimum Gasteiger partial charge on any atom is -0.497 e. The van der Waals surface area contributed by atoms with Gasteiger partial charge in [-0.15, -0.1) is 5.10 Å². The van der Waals surface area contributed by atoms with Crippen molar-refractivity contribution in [3.63, 3.8) is 0 Å². The molecule has 0 saturated heterocycles. The van der Waals surface area contributed by atoms with Crippen LogP contribution in [0.25, 0.3) is 0 Å². The predicted molar refractivity (Wildman–Crippen MR) is 108 cm³/mol. The van der Waals surface area contributed by atoms with Crippen molar-refractivity contribution in [2.24, 2.45) is 0 Å². The average Bonchev–Trinajstić information content (AvgIpc) is 2.74. The van der Waals surface area contributed by atoms with Crippen LogP contribution in [-0.4, -0.2) is 43.1 Å². The van der Waals surface area contributed by atoms with E-state index in [0.29, 0.717) is 29.8 Å². The fraction of sp³-hybridized carbons (Fsp3) is 0.250. The molecule has 0 aliphatic heterocycles. The number of ether oxygens (including phenoxy) is 3. The molecule has 1 heterocycles. The molecule has 0 aliphatic rings. The molecule has 146 valence electrons. The standard InChI is InChI=1S/C20H23N5O3/c1-26-16-6-4-5-15(12-16)23-19-13-22-25-20(24-19)21-10-9-14-7-8-17(27-2)18(11-14)28-3/h4-8,11-13H,9-10H2,1-3H3,(H2,21,23,24,25). The molecule has 0 atom stereocenters. The molecule has 0 spiro atoms.